The molecule has 0 aromatic carbocycles. The summed E-state index contributed by atoms with van der Waals surface area (Å²) in [4.78, 5) is 28.2. The number of piperidine rings is 1. The van der Waals surface area contributed by atoms with E-state index in [1.54, 1.807) is 17.5 Å². The van der Waals surface area contributed by atoms with Crippen LogP contribution in [0.3, 0.4) is 0 Å². The Kier molecular flexibility index (Phi) is 5.29. The van der Waals surface area contributed by atoms with Gasteiger partial charge in [0.25, 0.3) is 5.91 Å². The molecule has 4 heterocycles. The number of rotatable bonds is 5. The number of hydrogen-bond donors (Lipinski definition) is 0. The molecule has 140 valence electrons. The van der Waals surface area contributed by atoms with Crippen LogP contribution < -0.4 is 0 Å². The van der Waals surface area contributed by atoms with Crippen molar-refractivity contribution in [3.05, 3.63) is 64.4 Å². The number of carbonyl (C=O) groups excluding carboxylic acids is 1. The van der Waals surface area contributed by atoms with Crippen LogP contribution in [0.25, 0.3) is 0 Å². The SMILES string of the molecule is CCc1cc(C(=O)N2CCCC(c3nccn3Cc3cscn3)C2)ccn1. The van der Waals surface area contributed by atoms with Crippen molar-refractivity contribution in [3.8, 4) is 0 Å². The van der Waals surface area contributed by atoms with Gasteiger partial charge in [-0.25, -0.2) is 9.97 Å². The molecule has 1 saturated heterocycles. The van der Waals surface area contributed by atoms with Gasteiger partial charge < -0.3 is 9.47 Å². The number of amides is 1. The minimum atomic E-state index is 0.0920. The number of imidazole rings is 1. The number of aryl methyl sites for hydroxylation is 1. The Morgan fingerprint density at radius 3 is 3.00 bits per heavy atom. The fourth-order valence-corrected chi connectivity index (χ4v) is 4.21. The van der Waals surface area contributed by atoms with Gasteiger partial charge in [0, 0.05) is 54.2 Å². The molecule has 3 aromatic heterocycles. The highest BCUT2D eigenvalue weighted by Crippen LogP contribution is 2.27. The van der Waals surface area contributed by atoms with Crippen molar-refractivity contribution in [3.63, 3.8) is 0 Å². The summed E-state index contributed by atoms with van der Waals surface area (Å²) in [6.07, 6.45) is 8.46. The highest BCUT2D eigenvalue weighted by atomic mass is 32.1. The van der Waals surface area contributed by atoms with Crippen molar-refractivity contribution >= 4 is 17.2 Å². The van der Waals surface area contributed by atoms with E-state index in [4.69, 9.17) is 0 Å². The summed E-state index contributed by atoms with van der Waals surface area (Å²) in [5.41, 5.74) is 4.58. The van der Waals surface area contributed by atoms with Crippen LogP contribution in [-0.4, -0.2) is 43.4 Å². The third kappa shape index (κ3) is 3.93. The zero-order chi connectivity index (χ0) is 18.6. The molecule has 0 N–H and O–H groups in total. The minimum Gasteiger partial charge on any atom is -0.338 e. The molecular weight excluding hydrogens is 358 g/mol. The molecule has 27 heavy (non-hydrogen) atoms. The minimum absolute atomic E-state index is 0.0920. The summed E-state index contributed by atoms with van der Waals surface area (Å²) < 4.78 is 2.16. The van der Waals surface area contributed by atoms with E-state index in [9.17, 15) is 4.79 Å². The molecule has 0 aliphatic carbocycles. The number of nitrogens with zero attached hydrogens (tertiary/aromatic N) is 5. The maximum absolute atomic E-state index is 13.0. The van der Waals surface area contributed by atoms with Crippen molar-refractivity contribution in [2.75, 3.05) is 13.1 Å². The standard InChI is InChI=1S/C20H23N5OS/c1-2-17-10-15(5-6-21-17)20(26)25-8-3-4-16(11-25)19-22-7-9-24(19)12-18-13-27-14-23-18/h5-7,9-10,13-14,16H,2-4,8,11-12H2,1H3. The van der Waals surface area contributed by atoms with E-state index in [1.165, 1.54) is 0 Å². The van der Waals surface area contributed by atoms with Crippen molar-refractivity contribution in [2.24, 2.45) is 0 Å². The van der Waals surface area contributed by atoms with Crippen LogP contribution in [0.15, 0.2) is 41.6 Å². The van der Waals surface area contributed by atoms with Gasteiger partial charge in [-0.2, -0.15) is 0 Å². The Morgan fingerprint density at radius 1 is 1.26 bits per heavy atom. The predicted octanol–water partition coefficient (Wildman–Crippen LogP) is 3.37. The topological polar surface area (TPSA) is 63.9 Å². The number of likely N-dealkylation sites (tertiary alicyclic amines) is 1. The fraction of sp³-hybridized carbons (Fsp3) is 0.400. The fourth-order valence-electron chi connectivity index (χ4n) is 3.66. The second kappa shape index (κ2) is 8.00. The maximum Gasteiger partial charge on any atom is 0.253 e. The first-order valence-corrected chi connectivity index (χ1v) is 10.3. The number of hydrogen-bond acceptors (Lipinski definition) is 5. The molecule has 3 aromatic rings. The van der Waals surface area contributed by atoms with E-state index >= 15 is 0 Å². The Labute approximate surface area is 162 Å². The van der Waals surface area contributed by atoms with Crippen molar-refractivity contribution in [1.82, 2.24) is 24.4 Å². The third-order valence-electron chi connectivity index (χ3n) is 5.06. The molecule has 0 saturated carbocycles. The number of thiazole rings is 1. The smallest absolute Gasteiger partial charge is 0.253 e. The highest BCUT2D eigenvalue weighted by molar-refractivity contribution is 7.07. The summed E-state index contributed by atoms with van der Waals surface area (Å²) >= 11 is 1.60. The van der Waals surface area contributed by atoms with E-state index in [0.717, 1.165) is 55.1 Å². The molecule has 1 unspecified atom stereocenters. The van der Waals surface area contributed by atoms with E-state index in [0.29, 0.717) is 6.54 Å². The molecule has 7 heteroatoms. The van der Waals surface area contributed by atoms with Crippen LogP contribution >= 0.6 is 11.3 Å². The van der Waals surface area contributed by atoms with Crippen LogP contribution in [0.4, 0.5) is 0 Å². The largest absolute Gasteiger partial charge is 0.338 e. The first-order chi connectivity index (χ1) is 13.2. The number of pyridine rings is 1. The monoisotopic (exact) mass is 381 g/mol. The summed E-state index contributed by atoms with van der Waals surface area (Å²) in [6.45, 7) is 4.28. The van der Waals surface area contributed by atoms with Gasteiger partial charge in [0.1, 0.15) is 5.82 Å². The molecule has 6 nitrogen and oxygen atoms in total. The third-order valence-corrected chi connectivity index (χ3v) is 5.70. The van der Waals surface area contributed by atoms with E-state index in [1.807, 2.05) is 34.9 Å². The molecule has 0 bridgehead atoms. The second-order valence-electron chi connectivity index (χ2n) is 6.87. The van der Waals surface area contributed by atoms with Crippen LogP contribution in [0.2, 0.25) is 0 Å². The van der Waals surface area contributed by atoms with Gasteiger partial charge in [-0.1, -0.05) is 6.92 Å². The van der Waals surface area contributed by atoms with Gasteiger partial charge >= 0.3 is 0 Å². The normalized spacial score (nSPS) is 17.2. The quantitative estimate of drug-likeness (QED) is 0.680. The Bertz CT molecular complexity index is 905. The average molecular weight is 382 g/mol. The van der Waals surface area contributed by atoms with Gasteiger partial charge in [-0.3, -0.25) is 9.78 Å². The molecule has 1 aliphatic heterocycles. The molecule has 1 fully saturated rings. The second-order valence-corrected chi connectivity index (χ2v) is 7.59. The zero-order valence-electron chi connectivity index (χ0n) is 15.4. The Hall–Kier alpha value is -2.54. The van der Waals surface area contributed by atoms with Crippen LogP contribution in [-0.2, 0) is 13.0 Å². The molecule has 1 amide bonds. The molecule has 0 spiro atoms. The van der Waals surface area contributed by atoms with Gasteiger partial charge in [-0.05, 0) is 31.4 Å². The summed E-state index contributed by atoms with van der Waals surface area (Å²) in [7, 11) is 0. The van der Waals surface area contributed by atoms with E-state index in [2.05, 4.69) is 31.8 Å². The molecule has 4 rings (SSSR count). The van der Waals surface area contributed by atoms with Crippen LogP contribution in [0, 0.1) is 0 Å². The number of carbonyl (C=O) groups is 1. The number of aromatic nitrogens is 4. The highest BCUT2D eigenvalue weighted by Gasteiger charge is 2.28. The summed E-state index contributed by atoms with van der Waals surface area (Å²) in [5.74, 6) is 1.39. The van der Waals surface area contributed by atoms with Crippen molar-refractivity contribution < 1.29 is 4.79 Å². The Balaban J connectivity index is 1.50. The van der Waals surface area contributed by atoms with Gasteiger partial charge in [0.15, 0.2) is 0 Å². The van der Waals surface area contributed by atoms with Gasteiger partial charge in [0.2, 0.25) is 0 Å². The molecule has 1 atom stereocenters. The van der Waals surface area contributed by atoms with Crippen LogP contribution in [0.1, 0.15) is 53.3 Å². The zero-order valence-corrected chi connectivity index (χ0v) is 16.2. The molecule has 0 radical (unpaired) electrons. The lowest BCUT2D eigenvalue weighted by Gasteiger charge is -2.32. The van der Waals surface area contributed by atoms with Crippen molar-refractivity contribution in [2.45, 2.75) is 38.6 Å². The molecular formula is C20H23N5OS. The van der Waals surface area contributed by atoms with E-state index in [-0.39, 0.29) is 11.8 Å². The summed E-state index contributed by atoms with van der Waals surface area (Å²) in [5, 5.41) is 2.06. The summed E-state index contributed by atoms with van der Waals surface area (Å²) in [6, 6.07) is 3.73. The molecule has 1 aliphatic rings. The maximum atomic E-state index is 13.0. The first kappa shape index (κ1) is 17.9. The van der Waals surface area contributed by atoms with Gasteiger partial charge in [-0.15, -0.1) is 11.3 Å². The average Bonchev–Trinajstić information content (AvgIpc) is 3.40. The van der Waals surface area contributed by atoms with Crippen LogP contribution in [0.5, 0.6) is 0 Å². The van der Waals surface area contributed by atoms with Crippen molar-refractivity contribution in [1.29, 1.82) is 0 Å². The Morgan fingerprint density at radius 2 is 2.19 bits per heavy atom. The van der Waals surface area contributed by atoms with E-state index < -0.39 is 0 Å². The lowest BCUT2D eigenvalue weighted by atomic mass is 9.96. The predicted molar refractivity (Wildman–Crippen MR) is 105 cm³/mol. The van der Waals surface area contributed by atoms with Gasteiger partial charge in [0.05, 0.1) is 17.7 Å². The first-order valence-electron chi connectivity index (χ1n) is 9.37. The lowest BCUT2D eigenvalue weighted by molar-refractivity contribution is 0.0703. The lowest BCUT2D eigenvalue weighted by Crippen LogP contribution is -2.39.